The zero-order chi connectivity index (χ0) is 15.5. The van der Waals surface area contributed by atoms with Gasteiger partial charge in [-0.25, -0.2) is 4.39 Å². The third-order valence-corrected chi connectivity index (χ3v) is 3.26. The first-order valence-corrected chi connectivity index (χ1v) is 7.79. The van der Waals surface area contributed by atoms with Crippen molar-refractivity contribution in [2.45, 2.75) is 39.2 Å². The van der Waals surface area contributed by atoms with Gasteiger partial charge in [-0.2, -0.15) is 0 Å². The minimum absolute atomic E-state index is 0.211. The van der Waals surface area contributed by atoms with Crippen LogP contribution in [0.1, 0.15) is 32.3 Å². The molecule has 0 heterocycles. The van der Waals surface area contributed by atoms with E-state index in [0.717, 1.165) is 31.4 Å². The van der Waals surface area contributed by atoms with Crippen LogP contribution in [0.5, 0.6) is 0 Å². The average molecular weight is 297 g/mol. The second kappa shape index (κ2) is 10.7. The molecule has 1 aromatic rings. The predicted molar refractivity (Wildman–Crippen MR) is 83.9 cm³/mol. The van der Waals surface area contributed by atoms with Crippen LogP contribution in [0, 0.1) is 11.7 Å². The molecule has 2 N–H and O–H groups in total. The van der Waals surface area contributed by atoms with Crippen molar-refractivity contribution in [2.24, 2.45) is 5.92 Å². The van der Waals surface area contributed by atoms with Gasteiger partial charge in [0, 0.05) is 13.2 Å². The predicted octanol–water partition coefficient (Wildman–Crippen LogP) is 2.77. The smallest absolute Gasteiger partial charge is 0.123 e. The molecule has 120 valence electrons. The largest absolute Gasteiger partial charge is 0.389 e. The molecule has 0 aliphatic rings. The molecule has 0 amide bonds. The van der Waals surface area contributed by atoms with E-state index in [1.54, 1.807) is 12.1 Å². The van der Waals surface area contributed by atoms with E-state index in [2.05, 4.69) is 19.2 Å². The zero-order valence-corrected chi connectivity index (χ0v) is 13.1. The molecule has 0 radical (unpaired) electrons. The van der Waals surface area contributed by atoms with E-state index < -0.39 is 6.10 Å². The summed E-state index contributed by atoms with van der Waals surface area (Å²) in [7, 11) is 0. The van der Waals surface area contributed by atoms with Gasteiger partial charge in [0.25, 0.3) is 0 Å². The van der Waals surface area contributed by atoms with Crippen LogP contribution in [-0.4, -0.2) is 37.5 Å². The van der Waals surface area contributed by atoms with Crippen molar-refractivity contribution in [3.8, 4) is 0 Å². The molecular weight excluding hydrogens is 269 g/mol. The normalized spacial score (nSPS) is 12.8. The Morgan fingerprint density at radius 3 is 2.62 bits per heavy atom. The van der Waals surface area contributed by atoms with Gasteiger partial charge in [0.05, 0.1) is 12.7 Å². The van der Waals surface area contributed by atoms with Crippen LogP contribution >= 0.6 is 0 Å². The molecule has 0 bridgehead atoms. The summed E-state index contributed by atoms with van der Waals surface area (Å²) in [6.07, 6.45) is 2.55. The fraction of sp³-hybridized carbons (Fsp3) is 0.647. The monoisotopic (exact) mass is 297 g/mol. The maximum atomic E-state index is 12.7. The van der Waals surface area contributed by atoms with E-state index >= 15 is 0 Å². The maximum Gasteiger partial charge on any atom is 0.123 e. The summed E-state index contributed by atoms with van der Waals surface area (Å²) < 4.78 is 18.2. The van der Waals surface area contributed by atoms with Crippen LogP contribution in [-0.2, 0) is 11.2 Å². The molecule has 1 unspecified atom stereocenters. The van der Waals surface area contributed by atoms with Gasteiger partial charge >= 0.3 is 0 Å². The number of benzene rings is 1. The number of rotatable bonds is 11. The second-order valence-electron chi connectivity index (χ2n) is 5.85. The Hall–Kier alpha value is -0.970. The third kappa shape index (κ3) is 9.56. The standard InChI is InChI=1S/C17H28FNO2/c1-14(2)4-3-11-21-13-17(20)12-19-10-9-15-5-7-16(18)8-6-15/h5-8,14,17,19-20H,3-4,9-13H2,1-2H3. The van der Waals surface area contributed by atoms with Crippen molar-refractivity contribution in [1.29, 1.82) is 0 Å². The Labute approximate surface area is 127 Å². The number of aliphatic hydroxyl groups excluding tert-OH is 1. The molecule has 0 saturated heterocycles. The van der Waals surface area contributed by atoms with Gasteiger partial charge in [0.15, 0.2) is 0 Å². The van der Waals surface area contributed by atoms with Gasteiger partial charge in [-0.05, 0) is 49.4 Å². The SMILES string of the molecule is CC(C)CCCOCC(O)CNCCc1ccc(F)cc1. The molecule has 0 saturated carbocycles. The molecule has 0 aromatic heterocycles. The number of aliphatic hydroxyl groups is 1. The van der Waals surface area contributed by atoms with Crippen molar-refractivity contribution in [1.82, 2.24) is 5.32 Å². The summed E-state index contributed by atoms with van der Waals surface area (Å²) in [5.74, 6) is 0.489. The first kappa shape index (κ1) is 18.1. The summed E-state index contributed by atoms with van der Waals surface area (Å²) in [6.45, 7) is 6.76. The molecule has 1 atom stereocenters. The Balaban J connectivity index is 1.98. The fourth-order valence-corrected chi connectivity index (χ4v) is 2.02. The highest BCUT2D eigenvalue weighted by atomic mass is 19.1. The minimum atomic E-state index is -0.475. The van der Waals surface area contributed by atoms with Crippen LogP contribution in [0.15, 0.2) is 24.3 Å². The third-order valence-electron chi connectivity index (χ3n) is 3.26. The minimum Gasteiger partial charge on any atom is -0.389 e. The summed E-state index contributed by atoms with van der Waals surface area (Å²) in [6, 6.07) is 6.50. The molecule has 0 fully saturated rings. The van der Waals surface area contributed by atoms with Crippen molar-refractivity contribution in [3.05, 3.63) is 35.6 Å². The Morgan fingerprint density at radius 1 is 1.24 bits per heavy atom. The number of hydrogen-bond donors (Lipinski definition) is 2. The van der Waals surface area contributed by atoms with E-state index in [9.17, 15) is 9.50 Å². The summed E-state index contributed by atoms with van der Waals surface area (Å²) in [5, 5.41) is 12.9. The molecule has 0 aliphatic heterocycles. The lowest BCUT2D eigenvalue weighted by Crippen LogP contribution is -2.31. The highest BCUT2D eigenvalue weighted by Gasteiger charge is 2.04. The van der Waals surface area contributed by atoms with E-state index in [1.807, 2.05) is 0 Å². The van der Waals surface area contributed by atoms with E-state index in [0.29, 0.717) is 25.7 Å². The van der Waals surface area contributed by atoms with Crippen LogP contribution < -0.4 is 5.32 Å². The van der Waals surface area contributed by atoms with Gasteiger partial charge < -0.3 is 15.2 Å². The Kier molecular flexibility index (Phi) is 9.22. The molecule has 4 heteroatoms. The van der Waals surface area contributed by atoms with E-state index in [1.165, 1.54) is 12.1 Å². The summed E-state index contributed by atoms with van der Waals surface area (Å²) in [5.41, 5.74) is 1.09. The Bertz CT molecular complexity index is 368. The fourth-order valence-electron chi connectivity index (χ4n) is 2.02. The highest BCUT2D eigenvalue weighted by molar-refractivity contribution is 5.16. The van der Waals surface area contributed by atoms with Crippen LogP contribution in [0.4, 0.5) is 4.39 Å². The van der Waals surface area contributed by atoms with Gasteiger partial charge in [0.1, 0.15) is 5.82 Å². The molecule has 1 aromatic carbocycles. The molecule has 0 spiro atoms. The molecular formula is C17H28FNO2. The molecule has 3 nitrogen and oxygen atoms in total. The zero-order valence-electron chi connectivity index (χ0n) is 13.1. The van der Waals surface area contributed by atoms with Crippen molar-refractivity contribution in [2.75, 3.05) is 26.3 Å². The molecule has 0 aliphatic carbocycles. The lowest BCUT2D eigenvalue weighted by molar-refractivity contribution is 0.0349. The van der Waals surface area contributed by atoms with Crippen LogP contribution in [0.3, 0.4) is 0 Å². The molecule has 1 rings (SSSR count). The number of ether oxygens (including phenoxy) is 1. The Morgan fingerprint density at radius 2 is 1.95 bits per heavy atom. The van der Waals surface area contributed by atoms with Gasteiger partial charge in [-0.3, -0.25) is 0 Å². The first-order valence-electron chi connectivity index (χ1n) is 7.79. The number of hydrogen-bond acceptors (Lipinski definition) is 3. The lowest BCUT2D eigenvalue weighted by atomic mass is 10.1. The second-order valence-corrected chi connectivity index (χ2v) is 5.85. The van der Waals surface area contributed by atoms with Crippen molar-refractivity contribution < 1.29 is 14.2 Å². The van der Waals surface area contributed by atoms with Gasteiger partial charge in [-0.15, -0.1) is 0 Å². The maximum absolute atomic E-state index is 12.7. The quantitative estimate of drug-likeness (QED) is 0.617. The molecule has 21 heavy (non-hydrogen) atoms. The van der Waals surface area contributed by atoms with Crippen LogP contribution in [0.2, 0.25) is 0 Å². The first-order chi connectivity index (χ1) is 10.1. The number of halogens is 1. The van der Waals surface area contributed by atoms with Crippen molar-refractivity contribution in [3.63, 3.8) is 0 Å². The van der Waals surface area contributed by atoms with E-state index in [-0.39, 0.29) is 5.82 Å². The highest BCUT2D eigenvalue weighted by Crippen LogP contribution is 2.04. The summed E-state index contributed by atoms with van der Waals surface area (Å²) >= 11 is 0. The topological polar surface area (TPSA) is 41.5 Å². The lowest BCUT2D eigenvalue weighted by Gasteiger charge is -2.13. The number of nitrogens with one attached hydrogen (secondary N) is 1. The van der Waals surface area contributed by atoms with Crippen molar-refractivity contribution >= 4 is 0 Å². The summed E-state index contributed by atoms with van der Waals surface area (Å²) in [4.78, 5) is 0. The van der Waals surface area contributed by atoms with E-state index in [4.69, 9.17) is 4.74 Å². The van der Waals surface area contributed by atoms with Crippen LogP contribution in [0.25, 0.3) is 0 Å². The van der Waals surface area contributed by atoms with Gasteiger partial charge in [0.2, 0.25) is 0 Å². The average Bonchev–Trinajstić information content (AvgIpc) is 2.45. The van der Waals surface area contributed by atoms with Gasteiger partial charge in [-0.1, -0.05) is 26.0 Å².